The zero-order chi connectivity index (χ0) is 23.4. The van der Waals surface area contributed by atoms with E-state index in [1.807, 2.05) is 6.07 Å². The third kappa shape index (κ3) is 4.80. The van der Waals surface area contributed by atoms with E-state index >= 15 is 0 Å². The van der Waals surface area contributed by atoms with Gasteiger partial charge in [-0.2, -0.15) is 0 Å². The van der Waals surface area contributed by atoms with Crippen LogP contribution in [0.15, 0.2) is 28.9 Å². The Morgan fingerprint density at radius 1 is 1.31 bits per heavy atom. The number of carbonyl (C=O) groups excluding carboxylic acids is 2. The second-order valence-corrected chi connectivity index (χ2v) is 9.89. The molecule has 4 unspecified atom stereocenters. The molecule has 3 rings (SSSR count). The summed E-state index contributed by atoms with van der Waals surface area (Å²) in [6.45, 7) is 11.8. The van der Waals surface area contributed by atoms with Gasteiger partial charge >= 0.3 is 11.9 Å². The van der Waals surface area contributed by atoms with Crippen molar-refractivity contribution in [2.75, 3.05) is 20.3 Å². The zero-order valence-corrected chi connectivity index (χ0v) is 20.1. The molecule has 0 spiro atoms. The maximum atomic E-state index is 12.8. The van der Waals surface area contributed by atoms with Crippen molar-refractivity contribution in [2.24, 2.45) is 22.7 Å². The molecule has 0 amide bonds. The van der Waals surface area contributed by atoms with Crippen LogP contribution < -0.4 is 5.32 Å². The summed E-state index contributed by atoms with van der Waals surface area (Å²) < 4.78 is 15.9. The monoisotopic (exact) mass is 445 g/mol. The van der Waals surface area contributed by atoms with Crippen molar-refractivity contribution in [1.29, 1.82) is 0 Å². The SMILES string of the molecule is C=C1CCC2C(C)(C(=O)OC)CCCC2(C)C1CCc1ccoc1CNCC(=O)OCC. The highest BCUT2D eigenvalue weighted by Crippen LogP contribution is 2.62. The van der Waals surface area contributed by atoms with Gasteiger partial charge < -0.3 is 13.9 Å². The topological polar surface area (TPSA) is 77.8 Å². The van der Waals surface area contributed by atoms with E-state index < -0.39 is 5.41 Å². The molecule has 0 aromatic carbocycles. The number of furan rings is 1. The van der Waals surface area contributed by atoms with Gasteiger partial charge in [-0.15, -0.1) is 0 Å². The van der Waals surface area contributed by atoms with Crippen LogP contribution in [0.2, 0.25) is 0 Å². The Bertz CT molecular complexity index is 830. The maximum absolute atomic E-state index is 12.8. The molecule has 2 fully saturated rings. The number of hydrogen-bond donors (Lipinski definition) is 1. The largest absolute Gasteiger partial charge is 0.469 e. The van der Waals surface area contributed by atoms with Crippen LogP contribution in [-0.4, -0.2) is 32.2 Å². The van der Waals surface area contributed by atoms with E-state index in [9.17, 15) is 9.59 Å². The minimum absolute atomic E-state index is 0.0442. The fraction of sp³-hybridized carbons (Fsp3) is 0.692. The van der Waals surface area contributed by atoms with Crippen molar-refractivity contribution in [3.63, 3.8) is 0 Å². The number of esters is 2. The predicted molar refractivity (Wildman–Crippen MR) is 123 cm³/mol. The first-order valence-corrected chi connectivity index (χ1v) is 11.9. The van der Waals surface area contributed by atoms with Crippen molar-refractivity contribution < 1.29 is 23.5 Å². The van der Waals surface area contributed by atoms with Crippen LogP contribution in [0.4, 0.5) is 0 Å². The van der Waals surface area contributed by atoms with Gasteiger partial charge in [-0.1, -0.05) is 25.5 Å². The molecular weight excluding hydrogens is 406 g/mol. The molecule has 178 valence electrons. The Labute approximate surface area is 192 Å². The summed E-state index contributed by atoms with van der Waals surface area (Å²) >= 11 is 0. The molecule has 1 heterocycles. The van der Waals surface area contributed by atoms with E-state index in [4.69, 9.17) is 13.9 Å². The van der Waals surface area contributed by atoms with E-state index in [0.717, 1.165) is 56.3 Å². The first kappa shape index (κ1) is 24.6. The highest BCUT2D eigenvalue weighted by molar-refractivity contribution is 5.77. The number of ether oxygens (including phenoxy) is 2. The molecule has 4 atom stereocenters. The molecular formula is C26H39NO5. The average molecular weight is 446 g/mol. The van der Waals surface area contributed by atoms with E-state index in [1.54, 1.807) is 13.2 Å². The smallest absolute Gasteiger partial charge is 0.319 e. The minimum atomic E-state index is -0.418. The van der Waals surface area contributed by atoms with Crippen LogP contribution in [0.5, 0.6) is 0 Å². The van der Waals surface area contributed by atoms with Crippen molar-refractivity contribution in [3.05, 3.63) is 35.8 Å². The number of rotatable bonds is 9. The van der Waals surface area contributed by atoms with E-state index in [1.165, 1.54) is 12.7 Å². The molecule has 2 aliphatic rings. The maximum Gasteiger partial charge on any atom is 0.319 e. The lowest BCUT2D eigenvalue weighted by molar-refractivity contribution is -0.168. The number of carbonyl (C=O) groups is 2. The van der Waals surface area contributed by atoms with Crippen molar-refractivity contribution in [2.45, 2.75) is 72.3 Å². The second kappa shape index (κ2) is 10.2. The second-order valence-electron chi connectivity index (χ2n) is 9.89. The predicted octanol–water partition coefficient (Wildman–Crippen LogP) is 4.82. The van der Waals surface area contributed by atoms with Crippen molar-refractivity contribution >= 4 is 11.9 Å². The van der Waals surface area contributed by atoms with Gasteiger partial charge in [0.25, 0.3) is 0 Å². The first-order chi connectivity index (χ1) is 15.3. The van der Waals surface area contributed by atoms with E-state index in [-0.39, 0.29) is 23.9 Å². The fourth-order valence-corrected chi connectivity index (χ4v) is 6.49. The lowest BCUT2D eigenvalue weighted by Gasteiger charge is -2.57. The van der Waals surface area contributed by atoms with Crippen LogP contribution >= 0.6 is 0 Å². The van der Waals surface area contributed by atoms with E-state index in [0.29, 0.717) is 25.0 Å². The van der Waals surface area contributed by atoms with Crippen LogP contribution in [0.1, 0.15) is 70.6 Å². The normalized spacial score (nSPS) is 29.9. The summed E-state index contributed by atoms with van der Waals surface area (Å²) in [7, 11) is 1.51. The zero-order valence-electron chi connectivity index (χ0n) is 20.1. The number of aryl methyl sites for hydroxylation is 1. The standard InChI is InChI=1S/C26H39NO5/c1-6-31-23(28)17-27-16-21-19(12-15-32-21)9-10-20-18(2)8-11-22-25(20,3)13-7-14-26(22,4)24(29)30-5/h12,15,20,22,27H,2,6-11,13-14,16-17H2,1,3-5H3. The van der Waals surface area contributed by atoms with Gasteiger partial charge in [-0.3, -0.25) is 14.9 Å². The summed E-state index contributed by atoms with van der Waals surface area (Å²) in [5.74, 6) is 1.21. The molecule has 2 saturated carbocycles. The molecule has 6 heteroatoms. The first-order valence-electron chi connectivity index (χ1n) is 11.9. The molecule has 6 nitrogen and oxygen atoms in total. The van der Waals surface area contributed by atoms with Gasteiger partial charge in [0.1, 0.15) is 5.76 Å². The quantitative estimate of drug-likeness (QED) is 0.434. The Hall–Kier alpha value is -2.08. The Morgan fingerprint density at radius 2 is 2.09 bits per heavy atom. The summed E-state index contributed by atoms with van der Waals surface area (Å²) in [5.41, 5.74) is 2.09. The molecule has 1 aromatic heterocycles. The summed E-state index contributed by atoms with van der Waals surface area (Å²) in [5, 5.41) is 3.10. The third-order valence-corrected chi connectivity index (χ3v) is 8.07. The molecule has 2 aliphatic carbocycles. The summed E-state index contributed by atoms with van der Waals surface area (Å²) in [6, 6.07) is 2.02. The lowest BCUT2D eigenvalue weighted by Crippen LogP contribution is -2.53. The van der Waals surface area contributed by atoms with E-state index in [2.05, 4.69) is 25.7 Å². The van der Waals surface area contributed by atoms with Crippen LogP contribution in [0.25, 0.3) is 0 Å². The number of hydrogen-bond acceptors (Lipinski definition) is 6. The number of allylic oxidation sites excluding steroid dienone is 1. The molecule has 0 radical (unpaired) electrons. The van der Waals surface area contributed by atoms with Crippen molar-refractivity contribution in [3.8, 4) is 0 Å². The molecule has 0 bridgehead atoms. The average Bonchev–Trinajstić information content (AvgIpc) is 3.19. The fourth-order valence-electron chi connectivity index (χ4n) is 6.49. The molecule has 0 aliphatic heterocycles. The number of nitrogens with one attached hydrogen (secondary N) is 1. The van der Waals surface area contributed by atoms with Crippen LogP contribution in [0, 0.1) is 22.7 Å². The van der Waals surface area contributed by atoms with Gasteiger partial charge in [-0.05, 0) is 81.3 Å². The number of fused-ring (bicyclic) bond motifs is 1. The van der Waals surface area contributed by atoms with Gasteiger partial charge in [0.15, 0.2) is 0 Å². The molecule has 1 N–H and O–H groups in total. The number of methoxy groups -OCH3 is 1. The summed E-state index contributed by atoms with van der Waals surface area (Å²) in [4.78, 5) is 24.3. The highest BCUT2D eigenvalue weighted by Gasteiger charge is 2.57. The summed E-state index contributed by atoms with van der Waals surface area (Å²) in [6.07, 6.45) is 8.61. The molecule has 0 saturated heterocycles. The molecule has 1 aromatic rings. The highest BCUT2D eigenvalue weighted by atomic mass is 16.5. The van der Waals surface area contributed by atoms with Gasteiger partial charge in [0, 0.05) is 0 Å². The van der Waals surface area contributed by atoms with Gasteiger partial charge in [-0.25, -0.2) is 0 Å². The van der Waals surface area contributed by atoms with Gasteiger partial charge in [0.05, 0.1) is 38.5 Å². The third-order valence-electron chi connectivity index (χ3n) is 8.07. The van der Waals surface area contributed by atoms with Crippen molar-refractivity contribution in [1.82, 2.24) is 5.32 Å². The lowest BCUT2D eigenvalue weighted by atomic mass is 9.46. The molecule has 32 heavy (non-hydrogen) atoms. The Balaban J connectivity index is 1.69. The Morgan fingerprint density at radius 3 is 2.81 bits per heavy atom. The minimum Gasteiger partial charge on any atom is -0.469 e. The van der Waals surface area contributed by atoms with Gasteiger partial charge in [0.2, 0.25) is 0 Å². The van der Waals surface area contributed by atoms with Crippen LogP contribution in [0.3, 0.4) is 0 Å². The van der Waals surface area contributed by atoms with Crippen LogP contribution in [-0.2, 0) is 32.0 Å². The Kier molecular flexibility index (Phi) is 7.86.